The Morgan fingerprint density at radius 1 is 1.16 bits per heavy atom. The smallest absolute Gasteiger partial charge is 0.226 e. The van der Waals surface area contributed by atoms with Crippen molar-refractivity contribution in [2.45, 2.75) is 20.3 Å². The maximum absolute atomic E-state index is 13.4. The van der Waals surface area contributed by atoms with E-state index in [2.05, 4.69) is 5.32 Å². The van der Waals surface area contributed by atoms with Crippen molar-refractivity contribution in [3.05, 3.63) is 58.6 Å². The minimum Gasteiger partial charge on any atom is -0.326 e. The lowest BCUT2D eigenvalue weighted by atomic mass is 10.2. The standard InChI is InChI=1S/C18H17ClF2N2O2/c1-11-14(19)4-3-5-17(11)22-18(25)8-9-23(12(2)24)13-6-7-15(20)16(21)10-13/h3-7,10H,8-9H2,1-2H3,(H,22,25). The van der Waals surface area contributed by atoms with Gasteiger partial charge in [-0.15, -0.1) is 0 Å². The second-order valence-electron chi connectivity index (χ2n) is 5.48. The number of amides is 2. The van der Waals surface area contributed by atoms with Crippen LogP contribution in [0.2, 0.25) is 5.02 Å². The van der Waals surface area contributed by atoms with E-state index in [1.807, 2.05) is 0 Å². The van der Waals surface area contributed by atoms with E-state index in [-0.39, 0.29) is 30.5 Å². The van der Waals surface area contributed by atoms with Gasteiger partial charge in [-0.05, 0) is 36.8 Å². The summed E-state index contributed by atoms with van der Waals surface area (Å²) in [6.45, 7) is 3.10. The summed E-state index contributed by atoms with van der Waals surface area (Å²) in [5.74, 6) is -2.75. The Balaban J connectivity index is 2.05. The monoisotopic (exact) mass is 366 g/mol. The average Bonchev–Trinajstić information content (AvgIpc) is 2.55. The van der Waals surface area contributed by atoms with Gasteiger partial charge in [-0.2, -0.15) is 0 Å². The highest BCUT2D eigenvalue weighted by Gasteiger charge is 2.16. The minimum atomic E-state index is -1.05. The van der Waals surface area contributed by atoms with Gasteiger partial charge in [0.15, 0.2) is 11.6 Å². The van der Waals surface area contributed by atoms with E-state index in [1.54, 1.807) is 25.1 Å². The quantitative estimate of drug-likeness (QED) is 0.857. The van der Waals surface area contributed by atoms with Crippen molar-refractivity contribution in [3.63, 3.8) is 0 Å². The first-order valence-electron chi connectivity index (χ1n) is 7.57. The fraction of sp³-hybridized carbons (Fsp3) is 0.222. The molecule has 0 saturated carbocycles. The van der Waals surface area contributed by atoms with E-state index in [0.717, 1.165) is 17.7 Å². The van der Waals surface area contributed by atoms with Gasteiger partial charge in [0.2, 0.25) is 11.8 Å². The van der Waals surface area contributed by atoms with Crippen molar-refractivity contribution in [2.24, 2.45) is 0 Å². The molecule has 0 atom stereocenters. The van der Waals surface area contributed by atoms with Gasteiger partial charge < -0.3 is 10.2 Å². The van der Waals surface area contributed by atoms with E-state index >= 15 is 0 Å². The zero-order valence-electron chi connectivity index (χ0n) is 13.8. The van der Waals surface area contributed by atoms with Gasteiger partial charge in [-0.25, -0.2) is 8.78 Å². The van der Waals surface area contributed by atoms with E-state index in [0.29, 0.717) is 10.7 Å². The zero-order valence-corrected chi connectivity index (χ0v) is 14.5. The summed E-state index contributed by atoms with van der Waals surface area (Å²) in [5, 5.41) is 3.25. The van der Waals surface area contributed by atoms with Crippen LogP contribution in [0.5, 0.6) is 0 Å². The molecule has 0 heterocycles. The molecule has 1 N–H and O–H groups in total. The number of benzene rings is 2. The average molecular weight is 367 g/mol. The first-order valence-corrected chi connectivity index (χ1v) is 7.95. The first kappa shape index (κ1) is 18.9. The lowest BCUT2D eigenvalue weighted by Crippen LogP contribution is -2.32. The molecule has 0 unspecified atom stereocenters. The molecule has 0 aromatic heterocycles. The summed E-state index contributed by atoms with van der Waals surface area (Å²) < 4.78 is 26.4. The lowest BCUT2D eigenvalue weighted by molar-refractivity contribution is -0.117. The van der Waals surface area contributed by atoms with Crippen molar-refractivity contribution in [2.75, 3.05) is 16.8 Å². The molecule has 0 aliphatic carbocycles. The van der Waals surface area contributed by atoms with Crippen molar-refractivity contribution < 1.29 is 18.4 Å². The summed E-state index contributed by atoms with van der Waals surface area (Å²) in [7, 11) is 0. The summed E-state index contributed by atoms with van der Waals surface area (Å²) in [4.78, 5) is 25.1. The number of anilines is 2. The van der Waals surface area contributed by atoms with Crippen LogP contribution in [0, 0.1) is 18.6 Å². The lowest BCUT2D eigenvalue weighted by Gasteiger charge is -2.21. The van der Waals surface area contributed by atoms with E-state index in [9.17, 15) is 18.4 Å². The number of hydrogen-bond acceptors (Lipinski definition) is 2. The van der Waals surface area contributed by atoms with Crippen LogP contribution < -0.4 is 10.2 Å². The number of rotatable bonds is 5. The topological polar surface area (TPSA) is 49.4 Å². The van der Waals surface area contributed by atoms with Crippen molar-refractivity contribution >= 4 is 34.8 Å². The third-order valence-corrected chi connectivity index (χ3v) is 4.11. The molecule has 2 aromatic rings. The van der Waals surface area contributed by atoms with Gasteiger partial charge in [0, 0.05) is 42.4 Å². The molecule has 0 aliphatic heterocycles. The van der Waals surface area contributed by atoms with Gasteiger partial charge in [0.25, 0.3) is 0 Å². The predicted octanol–water partition coefficient (Wildman–Crippen LogP) is 4.31. The maximum Gasteiger partial charge on any atom is 0.226 e. The third kappa shape index (κ3) is 4.76. The zero-order chi connectivity index (χ0) is 18.6. The molecule has 132 valence electrons. The number of halogens is 3. The highest BCUT2D eigenvalue weighted by molar-refractivity contribution is 6.31. The molecule has 7 heteroatoms. The van der Waals surface area contributed by atoms with Crippen LogP contribution in [0.15, 0.2) is 36.4 Å². The van der Waals surface area contributed by atoms with Crippen LogP contribution in [0.25, 0.3) is 0 Å². The Morgan fingerprint density at radius 2 is 1.88 bits per heavy atom. The second-order valence-corrected chi connectivity index (χ2v) is 5.89. The van der Waals surface area contributed by atoms with E-state index in [1.165, 1.54) is 17.9 Å². The molecule has 2 rings (SSSR count). The van der Waals surface area contributed by atoms with Gasteiger partial charge in [0.05, 0.1) is 0 Å². The Kier molecular flexibility index (Phi) is 6.09. The summed E-state index contributed by atoms with van der Waals surface area (Å²) in [6.07, 6.45) is -0.00940. The molecule has 25 heavy (non-hydrogen) atoms. The number of nitrogens with zero attached hydrogens (tertiary/aromatic N) is 1. The Morgan fingerprint density at radius 3 is 2.52 bits per heavy atom. The number of carbonyl (C=O) groups excluding carboxylic acids is 2. The van der Waals surface area contributed by atoms with Crippen LogP contribution in [0.3, 0.4) is 0 Å². The summed E-state index contributed by atoms with van der Waals surface area (Å²) >= 11 is 6.00. The first-order chi connectivity index (χ1) is 11.8. The Bertz CT molecular complexity index is 812. The number of hydrogen-bond donors (Lipinski definition) is 1. The van der Waals surface area contributed by atoms with E-state index < -0.39 is 11.6 Å². The van der Waals surface area contributed by atoms with Gasteiger partial charge >= 0.3 is 0 Å². The van der Waals surface area contributed by atoms with Crippen LogP contribution in [0.4, 0.5) is 20.2 Å². The van der Waals surface area contributed by atoms with Crippen molar-refractivity contribution in [3.8, 4) is 0 Å². The molecule has 2 amide bonds. The largest absolute Gasteiger partial charge is 0.326 e. The predicted molar refractivity (Wildman–Crippen MR) is 93.8 cm³/mol. The molecular weight excluding hydrogens is 350 g/mol. The highest BCUT2D eigenvalue weighted by Crippen LogP contribution is 2.23. The SMILES string of the molecule is CC(=O)N(CCC(=O)Nc1cccc(Cl)c1C)c1ccc(F)c(F)c1. The molecule has 0 bridgehead atoms. The minimum absolute atomic E-state index is 0.00940. The molecule has 0 spiro atoms. The Hall–Kier alpha value is -2.47. The maximum atomic E-state index is 13.4. The van der Waals surface area contributed by atoms with Gasteiger partial charge in [-0.3, -0.25) is 9.59 Å². The highest BCUT2D eigenvalue weighted by atomic mass is 35.5. The summed E-state index contributed by atoms with van der Waals surface area (Å²) in [6, 6.07) is 8.31. The fourth-order valence-electron chi connectivity index (χ4n) is 2.29. The molecular formula is C18H17ClF2N2O2. The molecule has 4 nitrogen and oxygen atoms in total. The molecule has 0 saturated heterocycles. The normalized spacial score (nSPS) is 10.4. The van der Waals surface area contributed by atoms with Crippen LogP contribution in [-0.2, 0) is 9.59 Å². The third-order valence-electron chi connectivity index (χ3n) is 3.70. The van der Waals surface area contributed by atoms with Gasteiger partial charge in [0.1, 0.15) is 0 Å². The molecule has 0 fully saturated rings. The number of nitrogens with one attached hydrogen (secondary N) is 1. The van der Waals surface area contributed by atoms with Crippen LogP contribution in [-0.4, -0.2) is 18.4 Å². The van der Waals surface area contributed by atoms with Gasteiger partial charge in [-0.1, -0.05) is 17.7 Å². The fourth-order valence-corrected chi connectivity index (χ4v) is 2.46. The summed E-state index contributed by atoms with van der Waals surface area (Å²) in [5.41, 5.74) is 1.51. The molecule has 0 aliphatic rings. The van der Waals surface area contributed by atoms with Crippen LogP contribution in [0.1, 0.15) is 18.9 Å². The molecule has 2 aromatic carbocycles. The Labute approximate surface area is 149 Å². The van der Waals surface area contributed by atoms with E-state index in [4.69, 9.17) is 11.6 Å². The number of carbonyl (C=O) groups is 2. The second kappa shape index (κ2) is 8.07. The van der Waals surface area contributed by atoms with Crippen LogP contribution >= 0.6 is 11.6 Å². The van der Waals surface area contributed by atoms with Crippen molar-refractivity contribution in [1.29, 1.82) is 0 Å². The molecule has 0 radical (unpaired) electrons. The van der Waals surface area contributed by atoms with Crippen molar-refractivity contribution in [1.82, 2.24) is 0 Å².